The number of aliphatic hydroxyl groups excluding tert-OH is 1. The molecule has 5 nitrogen and oxygen atoms in total. The van der Waals surface area contributed by atoms with Crippen molar-refractivity contribution in [1.82, 2.24) is 14.8 Å². The second kappa shape index (κ2) is 10.5. The largest absolute Gasteiger partial charge is 0.395 e. The molecule has 160 valence electrons. The summed E-state index contributed by atoms with van der Waals surface area (Å²) in [6.45, 7) is 8.47. The van der Waals surface area contributed by atoms with Crippen LogP contribution in [0.3, 0.4) is 0 Å². The Balaban J connectivity index is 1.84. The number of carbonyl (C=O) groups is 1. The molecule has 1 aliphatic heterocycles. The quantitative estimate of drug-likeness (QED) is 0.687. The van der Waals surface area contributed by atoms with E-state index in [2.05, 4.69) is 47.1 Å². The van der Waals surface area contributed by atoms with Crippen LogP contribution in [-0.2, 0) is 0 Å². The van der Waals surface area contributed by atoms with Gasteiger partial charge in [0.05, 0.1) is 6.61 Å². The Labute approximate surface area is 180 Å². The van der Waals surface area contributed by atoms with Gasteiger partial charge in [0, 0.05) is 37.3 Å². The number of likely N-dealkylation sites (N-methyl/N-ethyl adjacent to an activating group) is 1. The van der Waals surface area contributed by atoms with Gasteiger partial charge in [-0.15, -0.1) is 0 Å². The molecular weight excluding hydrogens is 374 g/mol. The number of likely N-dealkylation sites (tertiary alicyclic amines) is 1. The summed E-state index contributed by atoms with van der Waals surface area (Å²) in [7, 11) is 0. The van der Waals surface area contributed by atoms with Crippen molar-refractivity contribution in [3.05, 3.63) is 71.6 Å². The summed E-state index contributed by atoms with van der Waals surface area (Å²) in [5.41, 5.74) is 2.87. The molecule has 1 aromatic carbocycles. The Morgan fingerprint density at radius 2 is 1.93 bits per heavy atom. The van der Waals surface area contributed by atoms with Gasteiger partial charge in [-0.2, -0.15) is 0 Å². The molecule has 1 saturated heterocycles. The third-order valence-corrected chi connectivity index (χ3v) is 5.99. The summed E-state index contributed by atoms with van der Waals surface area (Å²) < 4.78 is 0. The first-order valence-electron chi connectivity index (χ1n) is 10.9. The summed E-state index contributed by atoms with van der Waals surface area (Å²) in [6, 6.07) is 14.3. The topological polar surface area (TPSA) is 56.7 Å². The summed E-state index contributed by atoms with van der Waals surface area (Å²) in [6.07, 6.45) is 6.79. The molecule has 0 aliphatic carbocycles. The molecule has 0 spiro atoms. The molecule has 0 saturated carbocycles. The van der Waals surface area contributed by atoms with Gasteiger partial charge in [-0.25, -0.2) is 0 Å². The van der Waals surface area contributed by atoms with E-state index in [-0.39, 0.29) is 30.5 Å². The van der Waals surface area contributed by atoms with E-state index in [1.807, 2.05) is 37.0 Å². The minimum absolute atomic E-state index is 0.0378. The highest BCUT2D eigenvalue weighted by atomic mass is 16.3. The maximum atomic E-state index is 13.0. The van der Waals surface area contributed by atoms with E-state index in [4.69, 9.17) is 0 Å². The van der Waals surface area contributed by atoms with Crippen LogP contribution >= 0.6 is 0 Å². The third-order valence-electron chi connectivity index (χ3n) is 5.99. The van der Waals surface area contributed by atoms with Gasteiger partial charge in [-0.05, 0) is 50.1 Å². The number of amides is 1. The van der Waals surface area contributed by atoms with Gasteiger partial charge in [0.25, 0.3) is 5.91 Å². The summed E-state index contributed by atoms with van der Waals surface area (Å²) in [5.74, 6) is 0.163. The highest BCUT2D eigenvalue weighted by Gasteiger charge is 2.48. The lowest BCUT2D eigenvalue weighted by molar-refractivity contribution is -0.0531. The minimum atomic E-state index is -0.0378. The molecule has 1 amide bonds. The van der Waals surface area contributed by atoms with Crippen LogP contribution in [0.5, 0.6) is 0 Å². The molecule has 0 bridgehead atoms. The maximum Gasteiger partial charge on any atom is 0.272 e. The molecule has 1 aliphatic rings. The van der Waals surface area contributed by atoms with Crippen LogP contribution in [0.15, 0.2) is 54.7 Å². The maximum absolute atomic E-state index is 13.0. The molecule has 3 atom stereocenters. The number of benzene rings is 1. The Hall–Kier alpha value is -2.50. The van der Waals surface area contributed by atoms with E-state index in [9.17, 15) is 9.90 Å². The van der Waals surface area contributed by atoms with E-state index < -0.39 is 0 Å². The number of allylic oxidation sites excluding steroid dienone is 1. The number of hydrogen-bond acceptors (Lipinski definition) is 4. The van der Waals surface area contributed by atoms with Crippen molar-refractivity contribution in [2.24, 2.45) is 0 Å². The van der Waals surface area contributed by atoms with Crippen LogP contribution in [0.2, 0.25) is 0 Å². The van der Waals surface area contributed by atoms with Gasteiger partial charge >= 0.3 is 0 Å². The Morgan fingerprint density at radius 1 is 1.17 bits per heavy atom. The SMILES string of the molecule is C/C=C/c1ccc([C@H]2[C@@H](CO)N(CCC)[C@@H]2CN(CC)C(=O)c2ccccn2)cc1. The van der Waals surface area contributed by atoms with Crippen molar-refractivity contribution in [1.29, 1.82) is 0 Å². The number of aromatic nitrogens is 1. The van der Waals surface area contributed by atoms with Gasteiger partial charge < -0.3 is 10.0 Å². The zero-order valence-electron chi connectivity index (χ0n) is 18.2. The standard InChI is InChI=1S/C25H33N3O2/c1-4-9-19-11-13-20(14-12-19)24-22(28(16-5-2)23(24)18-29)17-27(6-3)25(30)21-10-7-8-15-26-21/h4,7-15,22-24,29H,5-6,16-18H2,1-3H3/b9-4+/t22-,23-,24-/m1/s1. The van der Waals surface area contributed by atoms with Crippen molar-refractivity contribution in [3.8, 4) is 0 Å². The number of nitrogens with zero attached hydrogens (tertiary/aromatic N) is 3. The number of carbonyl (C=O) groups excluding carboxylic acids is 1. The van der Waals surface area contributed by atoms with Gasteiger partial charge in [-0.1, -0.05) is 49.4 Å². The average Bonchev–Trinajstić information content (AvgIpc) is 2.78. The van der Waals surface area contributed by atoms with E-state index in [1.54, 1.807) is 12.3 Å². The molecule has 0 radical (unpaired) electrons. The molecular formula is C25H33N3O2. The van der Waals surface area contributed by atoms with Crippen LogP contribution < -0.4 is 0 Å². The molecule has 1 fully saturated rings. The molecule has 0 unspecified atom stereocenters. The normalized spacial score (nSPS) is 21.5. The third kappa shape index (κ3) is 4.63. The van der Waals surface area contributed by atoms with Crippen LogP contribution in [0.25, 0.3) is 6.08 Å². The first-order chi connectivity index (χ1) is 14.6. The Morgan fingerprint density at radius 3 is 2.50 bits per heavy atom. The smallest absolute Gasteiger partial charge is 0.272 e. The zero-order valence-corrected chi connectivity index (χ0v) is 18.2. The fourth-order valence-corrected chi connectivity index (χ4v) is 4.54. The van der Waals surface area contributed by atoms with Gasteiger partial charge in [0.1, 0.15) is 5.69 Å². The second-order valence-corrected chi connectivity index (χ2v) is 7.81. The number of rotatable bonds is 9. The predicted molar refractivity (Wildman–Crippen MR) is 121 cm³/mol. The van der Waals surface area contributed by atoms with E-state index in [1.165, 1.54) is 11.1 Å². The first-order valence-corrected chi connectivity index (χ1v) is 10.9. The fraction of sp³-hybridized carbons (Fsp3) is 0.440. The van der Waals surface area contributed by atoms with Crippen LogP contribution in [-0.4, -0.2) is 64.1 Å². The predicted octanol–water partition coefficient (Wildman–Crippen LogP) is 3.82. The Bertz CT molecular complexity index is 835. The van der Waals surface area contributed by atoms with Gasteiger partial charge in [0.15, 0.2) is 0 Å². The highest BCUT2D eigenvalue weighted by Crippen LogP contribution is 2.41. The first kappa shape index (κ1) is 22.2. The monoisotopic (exact) mass is 407 g/mol. The number of pyridine rings is 1. The van der Waals surface area contributed by atoms with Crippen molar-refractivity contribution < 1.29 is 9.90 Å². The van der Waals surface area contributed by atoms with Crippen molar-refractivity contribution in [3.63, 3.8) is 0 Å². The van der Waals surface area contributed by atoms with Crippen LogP contribution in [0, 0.1) is 0 Å². The summed E-state index contributed by atoms with van der Waals surface area (Å²) in [4.78, 5) is 21.5. The lowest BCUT2D eigenvalue weighted by Gasteiger charge is -2.56. The second-order valence-electron chi connectivity index (χ2n) is 7.81. The Kier molecular flexibility index (Phi) is 7.77. The molecule has 5 heteroatoms. The van der Waals surface area contributed by atoms with Crippen LogP contribution in [0.4, 0.5) is 0 Å². The number of hydrogen-bond donors (Lipinski definition) is 1. The minimum Gasteiger partial charge on any atom is -0.395 e. The van der Waals surface area contributed by atoms with E-state index in [0.717, 1.165) is 13.0 Å². The van der Waals surface area contributed by atoms with Crippen LogP contribution in [0.1, 0.15) is 54.7 Å². The molecule has 30 heavy (non-hydrogen) atoms. The zero-order chi connectivity index (χ0) is 21.5. The average molecular weight is 408 g/mol. The molecule has 2 aromatic rings. The number of aliphatic hydroxyl groups is 1. The lowest BCUT2D eigenvalue weighted by atomic mass is 9.74. The van der Waals surface area contributed by atoms with Gasteiger partial charge in [0.2, 0.25) is 0 Å². The molecule has 2 heterocycles. The summed E-state index contributed by atoms with van der Waals surface area (Å²) >= 11 is 0. The van der Waals surface area contributed by atoms with Crippen molar-refractivity contribution in [2.45, 2.75) is 45.2 Å². The fourth-order valence-electron chi connectivity index (χ4n) is 4.54. The molecule has 1 aromatic heterocycles. The summed E-state index contributed by atoms with van der Waals surface area (Å²) in [5, 5.41) is 10.1. The van der Waals surface area contributed by atoms with E-state index >= 15 is 0 Å². The lowest BCUT2D eigenvalue weighted by Crippen LogP contribution is -2.67. The molecule has 3 rings (SSSR count). The molecule has 1 N–H and O–H groups in total. The van der Waals surface area contributed by atoms with E-state index in [0.29, 0.717) is 18.8 Å². The van der Waals surface area contributed by atoms with Gasteiger partial charge in [-0.3, -0.25) is 14.7 Å². The van der Waals surface area contributed by atoms with Crippen molar-refractivity contribution in [2.75, 3.05) is 26.2 Å². The van der Waals surface area contributed by atoms with Crippen molar-refractivity contribution >= 4 is 12.0 Å². The highest BCUT2D eigenvalue weighted by molar-refractivity contribution is 5.92.